The summed E-state index contributed by atoms with van der Waals surface area (Å²) in [6.07, 6.45) is 2.54. The molecule has 1 aromatic rings. The van der Waals surface area contributed by atoms with E-state index < -0.39 is 0 Å². The third kappa shape index (κ3) is 3.08. The lowest BCUT2D eigenvalue weighted by atomic mass is 10.1. The smallest absolute Gasteiger partial charge is 0.0233 e. The number of nitrogens with one attached hydrogen (secondary N) is 1. The van der Waals surface area contributed by atoms with Gasteiger partial charge < -0.3 is 5.32 Å². The summed E-state index contributed by atoms with van der Waals surface area (Å²) < 4.78 is 0. The molecule has 0 radical (unpaired) electrons. The highest BCUT2D eigenvalue weighted by atomic mass is 15.1. The molecule has 0 bridgehead atoms. The third-order valence-electron chi connectivity index (χ3n) is 3.79. The van der Waals surface area contributed by atoms with E-state index in [0.717, 1.165) is 19.6 Å². The van der Waals surface area contributed by atoms with Crippen LogP contribution in [0.5, 0.6) is 0 Å². The van der Waals surface area contributed by atoms with Crippen LogP contribution in [0.1, 0.15) is 43.4 Å². The molecule has 1 N–H and O–H groups in total. The van der Waals surface area contributed by atoms with Crippen LogP contribution in [0.4, 0.5) is 0 Å². The summed E-state index contributed by atoms with van der Waals surface area (Å²) in [5.74, 6) is 0. The number of rotatable bonds is 5. The summed E-state index contributed by atoms with van der Waals surface area (Å²) in [5, 5.41) is 3.40. The molecular weight excluding hydrogens is 208 g/mol. The van der Waals surface area contributed by atoms with Gasteiger partial charge in [-0.2, -0.15) is 0 Å². The highest BCUT2D eigenvalue weighted by Gasteiger charge is 2.12. The molecule has 1 unspecified atom stereocenters. The Labute approximate surface area is 105 Å². The Hall–Kier alpha value is -0.860. The maximum absolute atomic E-state index is 3.40. The second-order valence-corrected chi connectivity index (χ2v) is 5.26. The van der Waals surface area contributed by atoms with Gasteiger partial charge in [0.15, 0.2) is 0 Å². The van der Waals surface area contributed by atoms with Gasteiger partial charge >= 0.3 is 0 Å². The zero-order chi connectivity index (χ0) is 12.3. The first-order valence-corrected chi connectivity index (χ1v) is 6.72. The number of nitrogens with zero attached hydrogens (tertiary/aromatic N) is 1. The predicted octanol–water partition coefficient (Wildman–Crippen LogP) is 2.91. The van der Waals surface area contributed by atoms with Crippen molar-refractivity contribution in [2.75, 3.05) is 7.05 Å². The van der Waals surface area contributed by atoms with Crippen LogP contribution in [0, 0.1) is 0 Å². The molecule has 17 heavy (non-hydrogen) atoms. The van der Waals surface area contributed by atoms with Crippen molar-refractivity contribution < 1.29 is 0 Å². The normalized spacial score (nSPS) is 16.2. The molecule has 0 spiro atoms. The Bertz CT molecular complexity index is 373. The maximum Gasteiger partial charge on any atom is 0.0233 e. The van der Waals surface area contributed by atoms with Gasteiger partial charge in [-0.1, -0.05) is 31.5 Å². The van der Waals surface area contributed by atoms with E-state index in [2.05, 4.69) is 49.3 Å². The molecule has 1 heterocycles. The van der Waals surface area contributed by atoms with E-state index in [1.54, 1.807) is 0 Å². The van der Waals surface area contributed by atoms with Crippen molar-refractivity contribution in [3.63, 3.8) is 0 Å². The van der Waals surface area contributed by atoms with Gasteiger partial charge in [0.1, 0.15) is 0 Å². The number of fused-ring (bicyclic) bond motifs is 1. The largest absolute Gasteiger partial charge is 0.309 e. The second-order valence-electron chi connectivity index (χ2n) is 5.26. The minimum atomic E-state index is 0.673. The summed E-state index contributed by atoms with van der Waals surface area (Å²) >= 11 is 0. The highest BCUT2D eigenvalue weighted by molar-refractivity contribution is 5.34. The van der Waals surface area contributed by atoms with Crippen molar-refractivity contribution >= 4 is 0 Å². The lowest BCUT2D eigenvalue weighted by Crippen LogP contribution is -2.28. The molecule has 0 fully saturated rings. The average Bonchev–Trinajstić information content (AvgIpc) is 2.76. The minimum Gasteiger partial charge on any atom is -0.309 e. The number of benzene rings is 1. The van der Waals surface area contributed by atoms with Crippen LogP contribution in [-0.4, -0.2) is 18.0 Å². The quantitative estimate of drug-likeness (QED) is 0.839. The molecule has 1 aliphatic rings. The number of hydrogen-bond acceptors (Lipinski definition) is 2. The van der Waals surface area contributed by atoms with Crippen LogP contribution < -0.4 is 5.32 Å². The van der Waals surface area contributed by atoms with Crippen molar-refractivity contribution in [3.05, 3.63) is 34.9 Å². The summed E-state index contributed by atoms with van der Waals surface area (Å²) in [7, 11) is 2.23. The SMILES string of the molecule is CCCC(C)N(C)Cc1ccc2c(c1)CNC2. The Morgan fingerprint density at radius 2 is 2.06 bits per heavy atom. The first-order chi connectivity index (χ1) is 8.20. The lowest BCUT2D eigenvalue weighted by molar-refractivity contribution is 0.237. The molecule has 94 valence electrons. The molecule has 1 aromatic carbocycles. The molecule has 0 amide bonds. The summed E-state index contributed by atoms with van der Waals surface area (Å²) in [4.78, 5) is 2.45. The van der Waals surface area contributed by atoms with Crippen LogP contribution >= 0.6 is 0 Å². The fourth-order valence-electron chi connectivity index (χ4n) is 2.53. The molecule has 2 heteroatoms. The first kappa shape index (κ1) is 12.6. The number of hydrogen-bond donors (Lipinski definition) is 1. The van der Waals surface area contributed by atoms with Gasteiger partial charge in [0.05, 0.1) is 0 Å². The Kier molecular flexibility index (Phi) is 4.19. The molecule has 1 atom stereocenters. The van der Waals surface area contributed by atoms with E-state index in [-0.39, 0.29) is 0 Å². The van der Waals surface area contributed by atoms with Gasteiger partial charge in [-0.15, -0.1) is 0 Å². The molecule has 0 aromatic heterocycles. The predicted molar refractivity (Wildman–Crippen MR) is 72.8 cm³/mol. The average molecular weight is 232 g/mol. The molecule has 0 saturated heterocycles. The van der Waals surface area contributed by atoms with Crippen molar-refractivity contribution in [1.29, 1.82) is 0 Å². The fraction of sp³-hybridized carbons (Fsp3) is 0.600. The highest BCUT2D eigenvalue weighted by Crippen LogP contribution is 2.18. The second kappa shape index (κ2) is 5.65. The molecule has 2 rings (SSSR count). The van der Waals surface area contributed by atoms with Crippen molar-refractivity contribution in [2.24, 2.45) is 0 Å². The van der Waals surface area contributed by atoms with Crippen LogP contribution in [0.15, 0.2) is 18.2 Å². The summed E-state index contributed by atoms with van der Waals surface area (Å²) in [6.45, 7) is 7.72. The van der Waals surface area contributed by atoms with E-state index in [9.17, 15) is 0 Å². The van der Waals surface area contributed by atoms with Gasteiger partial charge in [0.2, 0.25) is 0 Å². The zero-order valence-electron chi connectivity index (χ0n) is 11.3. The van der Waals surface area contributed by atoms with Crippen molar-refractivity contribution in [2.45, 2.75) is 52.4 Å². The molecule has 2 nitrogen and oxygen atoms in total. The maximum atomic E-state index is 3.40. The van der Waals surface area contributed by atoms with Gasteiger partial charge in [0, 0.05) is 25.7 Å². The lowest BCUT2D eigenvalue weighted by Gasteiger charge is -2.24. The van der Waals surface area contributed by atoms with Gasteiger partial charge in [-0.3, -0.25) is 4.90 Å². The Balaban J connectivity index is 1.99. The molecule has 0 aliphatic carbocycles. The summed E-state index contributed by atoms with van der Waals surface area (Å²) in [6, 6.07) is 7.60. The fourth-order valence-corrected chi connectivity index (χ4v) is 2.53. The summed E-state index contributed by atoms with van der Waals surface area (Å²) in [5.41, 5.74) is 4.40. The van der Waals surface area contributed by atoms with Crippen LogP contribution in [0.2, 0.25) is 0 Å². The molecule has 0 saturated carbocycles. The van der Waals surface area contributed by atoms with Gasteiger partial charge in [-0.25, -0.2) is 0 Å². The molecule has 1 aliphatic heterocycles. The zero-order valence-corrected chi connectivity index (χ0v) is 11.3. The van der Waals surface area contributed by atoms with E-state index in [4.69, 9.17) is 0 Å². The minimum absolute atomic E-state index is 0.673. The monoisotopic (exact) mass is 232 g/mol. The van der Waals surface area contributed by atoms with E-state index >= 15 is 0 Å². The van der Waals surface area contributed by atoms with Crippen molar-refractivity contribution in [3.8, 4) is 0 Å². The Morgan fingerprint density at radius 1 is 1.29 bits per heavy atom. The first-order valence-electron chi connectivity index (χ1n) is 6.72. The van der Waals surface area contributed by atoms with Crippen LogP contribution in [-0.2, 0) is 19.6 Å². The third-order valence-corrected chi connectivity index (χ3v) is 3.79. The van der Waals surface area contributed by atoms with Crippen LogP contribution in [0.25, 0.3) is 0 Å². The van der Waals surface area contributed by atoms with Crippen LogP contribution in [0.3, 0.4) is 0 Å². The van der Waals surface area contributed by atoms with E-state index in [0.29, 0.717) is 6.04 Å². The Morgan fingerprint density at radius 3 is 2.82 bits per heavy atom. The van der Waals surface area contributed by atoms with Crippen molar-refractivity contribution in [1.82, 2.24) is 10.2 Å². The van der Waals surface area contributed by atoms with E-state index in [1.165, 1.54) is 29.5 Å². The molecular formula is C15H24N2. The van der Waals surface area contributed by atoms with Gasteiger partial charge in [0.25, 0.3) is 0 Å². The standard InChI is InChI=1S/C15H24N2/c1-4-5-12(2)17(3)11-13-6-7-14-9-16-10-15(14)8-13/h6-8,12,16H,4-5,9-11H2,1-3H3. The van der Waals surface area contributed by atoms with E-state index in [1.807, 2.05) is 0 Å². The topological polar surface area (TPSA) is 15.3 Å². The van der Waals surface area contributed by atoms with Gasteiger partial charge in [-0.05, 0) is 37.1 Å².